The topological polar surface area (TPSA) is 53.2 Å². The number of aryl methyl sites for hydroxylation is 1. The normalized spacial score (nSPS) is 10.5. The summed E-state index contributed by atoms with van der Waals surface area (Å²) in [5, 5.41) is 0. The average molecular weight is 372 g/mol. The first-order valence-electron chi connectivity index (χ1n) is 5.62. The van der Waals surface area contributed by atoms with Gasteiger partial charge in [0.2, 0.25) is 0 Å². The molecular formula is C13H13IN2O3. The lowest BCUT2D eigenvalue weighted by molar-refractivity contribution is 0.407. The van der Waals surface area contributed by atoms with E-state index in [2.05, 4.69) is 0 Å². The van der Waals surface area contributed by atoms with Crippen molar-refractivity contribution >= 4 is 22.6 Å². The highest BCUT2D eigenvalue weighted by molar-refractivity contribution is 14.1. The molecule has 2 rings (SSSR count). The first kappa shape index (κ1) is 13.9. The smallest absolute Gasteiger partial charge is 0.331 e. The molecule has 19 heavy (non-hydrogen) atoms. The van der Waals surface area contributed by atoms with E-state index in [4.69, 9.17) is 4.74 Å². The molecule has 0 aliphatic heterocycles. The molecule has 100 valence electrons. The number of nitrogens with zero attached hydrogens (tertiary/aromatic N) is 2. The fraction of sp³-hybridized carbons (Fsp3) is 0.231. The van der Waals surface area contributed by atoms with Gasteiger partial charge in [-0.1, -0.05) is 18.2 Å². The van der Waals surface area contributed by atoms with E-state index in [0.29, 0.717) is 9.32 Å². The second kappa shape index (κ2) is 5.60. The molecule has 0 saturated carbocycles. The maximum absolute atomic E-state index is 12.0. The standard InChI is InChI=1S/C13H13IN2O3/c1-15-8-10(14)12(17)16(13(15)18)7-9-5-3-4-6-11(9)19-2/h3-6,8H,7H2,1-2H3. The summed E-state index contributed by atoms with van der Waals surface area (Å²) in [7, 11) is 3.19. The van der Waals surface area contributed by atoms with Crippen LogP contribution in [0.15, 0.2) is 40.1 Å². The Labute approximate surface area is 123 Å². The summed E-state index contributed by atoms with van der Waals surface area (Å²) in [6, 6.07) is 7.34. The summed E-state index contributed by atoms with van der Waals surface area (Å²) in [5.41, 5.74) is 0.178. The summed E-state index contributed by atoms with van der Waals surface area (Å²) in [6.07, 6.45) is 1.53. The van der Waals surface area contributed by atoms with E-state index in [1.54, 1.807) is 20.2 Å². The first-order chi connectivity index (χ1) is 9.04. The Morgan fingerprint density at radius 2 is 1.95 bits per heavy atom. The number of hydrogen-bond acceptors (Lipinski definition) is 3. The molecule has 0 spiro atoms. The van der Waals surface area contributed by atoms with Crippen LogP contribution in [-0.4, -0.2) is 16.2 Å². The van der Waals surface area contributed by atoms with Gasteiger partial charge in [-0.2, -0.15) is 0 Å². The van der Waals surface area contributed by atoms with Crippen LogP contribution in [0.2, 0.25) is 0 Å². The number of rotatable bonds is 3. The van der Waals surface area contributed by atoms with Crippen LogP contribution >= 0.6 is 22.6 Å². The summed E-state index contributed by atoms with van der Waals surface area (Å²) in [5.74, 6) is 0.662. The zero-order valence-corrected chi connectivity index (χ0v) is 12.7. The van der Waals surface area contributed by atoms with Crippen LogP contribution in [0.25, 0.3) is 0 Å². The van der Waals surface area contributed by atoms with Crippen molar-refractivity contribution in [3.63, 3.8) is 0 Å². The number of benzene rings is 1. The molecular weight excluding hydrogens is 359 g/mol. The van der Waals surface area contributed by atoms with Crippen molar-refractivity contribution in [2.24, 2.45) is 7.05 Å². The lowest BCUT2D eigenvalue weighted by Crippen LogP contribution is -2.40. The molecule has 5 nitrogen and oxygen atoms in total. The van der Waals surface area contributed by atoms with Crippen molar-refractivity contribution in [1.82, 2.24) is 9.13 Å². The van der Waals surface area contributed by atoms with E-state index < -0.39 is 0 Å². The van der Waals surface area contributed by atoms with Gasteiger partial charge in [-0.05, 0) is 28.7 Å². The molecule has 0 saturated heterocycles. The second-order valence-electron chi connectivity index (χ2n) is 4.07. The molecule has 6 heteroatoms. The third-order valence-corrected chi connectivity index (χ3v) is 3.55. The minimum Gasteiger partial charge on any atom is -0.496 e. The Hall–Kier alpha value is -1.57. The zero-order chi connectivity index (χ0) is 14.0. The molecule has 0 aliphatic rings. The Morgan fingerprint density at radius 3 is 2.63 bits per heavy atom. The van der Waals surface area contributed by atoms with E-state index in [9.17, 15) is 9.59 Å². The minimum absolute atomic E-state index is 0.201. The Bertz CT molecular complexity index is 684. The number of para-hydroxylation sites is 1. The highest BCUT2D eigenvalue weighted by atomic mass is 127. The number of hydrogen-bond donors (Lipinski definition) is 0. The van der Waals surface area contributed by atoms with Crippen molar-refractivity contribution in [2.45, 2.75) is 6.54 Å². The molecule has 2 aromatic rings. The van der Waals surface area contributed by atoms with Gasteiger partial charge in [0, 0.05) is 18.8 Å². The molecule has 0 amide bonds. The van der Waals surface area contributed by atoms with Crippen LogP contribution in [0.3, 0.4) is 0 Å². The summed E-state index contributed by atoms with van der Waals surface area (Å²) in [4.78, 5) is 24.1. The monoisotopic (exact) mass is 372 g/mol. The van der Waals surface area contributed by atoms with E-state index in [-0.39, 0.29) is 17.8 Å². The van der Waals surface area contributed by atoms with Gasteiger partial charge in [-0.15, -0.1) is 0 Å². The molecule has 0 radical (unpaired) electrons. The lowest BCUT2D eigenvalue weighted by atomic mass is 10.2. The summed E-state index contributed by atoms with van der Waals surface area (Å²) in [6.45, 7) is 0.201. The molecule has 1 aromatic heterocycles. The highest BCUT2D eigenvalue weighted by Crippen LogP contribution is 2.17. The quantitative estimate of drug-likeness (QED) is 0.762. The average Bonchev–Trinajstić information content (AvgIpc) is 2.42. The van der Waals surface area contributed by atoms with Crippen LogP contribution < -0.4 is 16.0 Å². The molecule has 0 aliphatic carbocycles. The number of aromatic nitrogens is 2. The van der Waals surface area contributed by atoms with Gasteiger partial charge >= 0.3 is 5.69 Å². The van der Waals surface area contributed by atoms with Gasteiger partial charge in [0.1, 0.15) is 5.75 Å². The van der Waals surface area contributed by atoms with Gasteiger partial charge in [-0.25, -0.2) is 4.79 Å². The third kappa shape index (κ3) is 2.73. The van der Waals surface area contributed by atoms with Gasteiger partial charge in [0.25, 0.3) is 5.56 Å². The Kier molecular flexibility index (Phi) is 4.08. The van der Waals surface area contributed by atoms with E-state index in [1.165, 1.54) is 15.3 Å². The molecule has 1 heterocycles. The maximum atomic E-state index is 12.0. The Morgan fingerprint density at radius 1 is 1.26 bits per heavy atom. The Balaban J connectivity index is 2.56. The van der Waals surface area contributed by atoms with Crippen molar-refractivity contribution in [1.29, 1.82) is 0 Å². The van der Waals surface area contributed by atoms with Gasteiger partial charge < -0.3 is 9.30 Å². The van der Waals surface area contributed by atoms with Crippen LogP contribution in [-0.2, 0) is 13.6 Å². The number of halogens is 1. The molecule has 0 fully saturated rings. The predicted molar refractivity (Wildman–Crippen MR) is 80.8 cm³/mol. The SMILES string of the molecule is COc1ccccc1Cn1c(=O)c(I)cn(C)c1=O. The predicted octanol–water partition coefficient (Wildman–Crippen LogP) is 1.21. The van der Waals surface area contributed by atoms with Crippen molar-refractivity contribution in [3.05, 3.63) is 60.4 Å². The lowest BCUT2D eigenvalue weighted by Gasteiger charge is -2.11. The number of methoxy groups -OCH3 is 1. The highest BCUT2D eigenvalue weighted by Gasteiger charge is 2.10. The first-order valence-corrected chi connectivity index (χ1v) is 6.70. The van der Waals surface area contributed by atoms with Crippen LogP contribution in [0.1, 0.15) is 5.56 Å². The number of ether oxygens (including phenoxy) is 1. The largest absolute Gasteiger partial charge is 0.496 e. The molecule has 0 N–H and O–H groups in total. The fourth-order valence-corrected chi connectivity index (χ4v) is 2.54. The van der Waals surface area contributed by atoms with Crippen molar-refractivity contribution in [3.8, 4) is 5.75 Å². The summed E-state index contributed by atoms with van der Waals surface area (Å²) >= 11 is 1.93. The van der Waals surface area contributed by atoms with Crippen molar-refractivity contribution in [2.75, 3.05) is 7.11 Å². The van der Waals surface area contributed by atoms with Gasteiger partial charge in [0.05, 0.1) is 17.2 Å². The van der Waals surface area contributed by atoms with E-state index in [1.807, 2.05) is 40.8 Å². The van der Waals surface area contributed by atoms with Gasteiger partial charge in [-0.3, -0.25) is 9.36 Å². The maximum Gasteiger partial charge on any atom is 0.331 e. The molecule has 0 unspecified atom stereocenters. The van der Waals surface area contributed by atoms with Crippen LogP contribution in [0.5, 0.6) is 5.75 Å². The molecule has 0 atom stereocenters. The van der Waals surface area contributed by atoms with Gasteiger partial charge in [0.15, 0.2) is 0 Å². The molecule has 0 bridgehead atoms. The fourth-order valence-electron chi connectivity index (χ4n) is 1.83. The zero-order valence-electron chi connectivity index (χ0n) is 10.6. The minimum atomic E-state index is -0.337. The van der Waals surface area contributed by atoms with E-state index >= 15 is 0 Å². The van der Waals surface area contributed by atoms with Crippen LogP contribution in [0.4, 0.5) is 0 Å². The van der Waals surface area contributed by atoms with E-state index in [0.717, 1.165) is 5.56 Å². The third-order valence-electron chi connectivity index (χ3n) is 2.81. The molecule has 1 aromatic carbocycles. The van der Waals surface area contributed by atoms with Crippen molar-refractivity contribution < 1.29 is 4.74 Å². The van der Waals surface area contributed by atoms with Crippen LogP contribution in [0, 0.1) is 3.57 Å². The summed E-state index contributed by atoms with van der Waals surface area (Å²) < 4.78 is 8.35. The second-order valence-corrected chi connectivity index (χ2v) is 5.24.